The summed E-state index contributed by atoms with van der Waals surface area (Å²) in [5.41, 5.74) is 1.57. The molecule has 0 bridgehead atoms. The fourth-order valence-corrected chi connectivity index (χ4v) is 3.62. The van der Waals surface area contributed by atoms with Crippen molar-refractivity contribution < 1.29 is 9.59 Å². The largest absolute Gasteiger partial charge is 0.341 e. The Labute approximate surface area is 169 Å². The maximum Gasteiger partial charge on any atom is 0.252 e. The second-order valence-corrected chi connectivity index (χ2v) is 7.80. The van der Waals surface area contributed by atoms with E-state index in [9.17, 15) is 9.59 Å². The zero-order chi connectivity index (χ0) is 19.1. The summed E-state index contributed by atoms with van der Waals surface area (Å²) in [4.78, 5) is 27.7. The first-order valence-corrected chi connectivity index (χ1v) is 9.72. The minimum atomic E-state index is -0.456. The van der Waals surface area contributed by atoms with Gasteiger partial charge in [-0.1, -0.05) is 32.0 Å². The highest BCUT2D eigenvalue weighted by molar-refractivity contribution is 5.98. The van der Waals surface area contributed by atoms with E-state index >= 15 is 0 Å². The predicted molar refractivity (Wildman–Crippen MR) is 112 cm³/mol. The number of amides is 2. The van der Waals surface area contributed by atoms with Crippen LogP contribution in [-0.2, 0) is 4.79 Å². The van der Waals surface area contributed by atoms with E-state index in [1.807, 2.05) is 43.1 Å². The molecule has 27 heavy (non-hydrogen) atoms. The molecule has 6 heteroatoms. The van der Waals surface area contributed by atoms with Crippen molar-refractivity contribution in [1.82, 2.24) is 15.5 Å². The maximum atomic E-state index is 13.0. The molecule has 1 saturated heterocycles. The summed E-state index contributed by atoms with van der Waals surface area (Å²) in [5, 5.41) is 6.22. The Hall–Kier alpha value is -1.59. The topological polar surface area (TPSA) is 61.4 Å². The number of nitrogens with zero attached hydrogens (tertiary/aromatic N) is 1. The first-order valence-electron chi connectivity index (χ1n) is 9.72. The van der Waals surface area contributed by atoms with Crippen LogP contribution in [0.25, 0.3) is 0 Å². The molecular weight excluding hydrogens is 362 g/mol. The zero-order valence-corrected chi connectivity index (χ0v) is 17.8. The first-order chi connectivity index (χ1) is 12.4. The van der Waals surface area contributed by atoms with Gasteiger partial charge in [-0.25, -0.2) is 0 Å². The van der Waals surface area contributed by atoms with Crippen LogP contribution in [-0.4, -0.2) is 49.4 Å². The Morgan fingerprint density at radius 2 is 1.81 bits per heavy atom. The Balaban J connectivity index is 0.00000364. The fraction of sp³-hybridized carbons (Fsp3) is 0.619. The van der Waals surface area contributed by atoms with Crippen molar-refractivity contribution in [2.45, 2.75) is 46.1 Å². The summed E-state index contributed by atoms with van der Waals surface area (Å²) in [6, 6.07) is 7.04. The van der Waals surface area contributed by atoms with Crippen LogP contribution in [0.4, 0.5) is 0 Å². The van der Waals surface area contributed by atoms with Crippen molar-refractivity contribution in [3.63, 3.8) is 0 Å². The van der Waals surface area contributed by atoms with E-state index in [1.165, 1.54) is 0 Å². The average Bonchev–Trinajstić information content (AvgIpc) is 2.61. The van der Waals surface area contributed by atoms with Crippen LogP contribution in [0.3, 0.4) is 0 Å². The Kier molecular flexibility index (Phi) is 9.81. The van der Waals surface area contributed by atoms with Crippen LogP contribution in [0.5, 0.6) is 0 Å². The van der Waals surface area contributed by atoms with E-state index in [0.29, 0.717) is 23.8 Å². The third kappa shape index (κ3) is 6.82. The zero-order valence-electron chi connectivity index (χ0n) is 17.0. The van der Waals surface area contributed by atoms with Gasteiger partial charge in [0, 0.05) is 18.7 Å². The Bertz CT molecular complexity index is 613. The van der Waals surface area contributed by atoms with Gasteiger partial charge in [0.2, 0.25) is 5.91 Å². The van der Waals surface area contributed by atoms with E-state index in [0.717, 1.165) is 38.0 Å². The molecule has 5 nitrogen and oxygen atoms in total. The molecule has 1 fully saturated rings. The van der Waals surface area contributed by atoms with E-state index in [4.69, 9.17) is 0 Å². The molecule has 0 spiro atoms. The molecule has 1 aromatic rings. The van der Waals surface area contributed by atoms with Crippen LogP contribution in [0.1, 0.15) is 49.0 Å². The molecule has 1 aliphatic heterocycles. The summed E-state index contributed by atoms with van der Waals surface area (Å²) >= 11 is 0. The smallest absolute Gasteiger partial charge is 0.252 e. The molecule has 1 aromatic carbocycles. The molecule has 1 heterocycles. The molecule has 1 atom stereocenters. The van der Waals surface area contributed by atoms with Gasteiger partial charge in [-0.3, -0.25) is 9.59 Å². The molecule has 2 rings (SSSR count). The summed E-state index contributed by atoms with van der Waals surface area (Å²) in [7, 11) is 1.97. The lowest BCUT2D eigenvalue weighted by Crippen LogP contribution is -2.51. The molecule has 1 aliphatic rings. The number of likely N-dealkylation sites (tertiary alicyclic amines) is 1. The van der Waals surface area contributed by atoms with E-state index in [2.05, 4.69) is 24.5 Å². The number of carbonyl (C=O) groups is 2. The van der Waals surface area contributed by atoms with Crippen molar-refractivity contribution >= 4 is 24.2 Å². The fourth-order valence-electron chi connectivity index (χ4n) is 3.62. The highest BCUT2D eigenvalue weighted by Gasteiger charge is 2.30. The van der Waals surface area contributed by atoms with Gasteiger partial charge in [-0.05, 0) is 63.2 Å². The lowest BCUT2D eigenvalue weighted by atomic mass is 9.95. The molecule has 0 aliphatic carbocycles. The highest BCUT2D eigenvalue weighted by Crippen LogP contribution is 2.19. The van der Waals surface area contributed by atoms with Gasteiger partial charge in [0.15, 0.2) is 0 Å². The lowest BCUT2D eigenvalue weighted by Gasteiger charge is -2.34. The quantitative estimate of drug-likeness (QED) is 0.746. The first kappa shape index (κ1) is 23.4. The van der Waals surface area contributed by atoms with Crippen molar-refractivity contribution in [3.8, 4) is 0 Å². The number of hydrogen-bond donors (Lipinski definition) is 2. The summed E-state index contributed by atoms with van der Waals surface area (Å²) in [6.45, 7) is 8.64. The molecule has 2 N–H and O–H groups in total. The van der Waals surface area contributed by atoms with Gasteiger partial charge in [-0.15, -0.1) is 12.4 Å². The number of carbonyl (C=O) groups excluding carboxylic acids is 2. The lowest BCUT2D eigenvalue weighted by molar-refractivity contribution is -0.135. The maximum absolute atomic E-state index is 13.0. The van der Waals surface area contributed by atoms with Crippen LogP contribution in [0.15, 0.2) is 24.3 Å². The number of rotatable bonds is 7. The van der Waals surface area contributed by atoms with Crippen molar-refractivity contribution in [2.75, 3.05) is 26.7 Å². The number of hydrogen-bond acceptors (Lipinski definition) is 3. The van der Waals surface area contributed by atoms with Crippen molar-refractivity contribution in [2.24, 2.45) is 11.8 Å². The highest BCUT2D eigenvalue weighted by atomic mass is 35.5. The third-order valence-corrected chi connectivity index (χ3v) is 5.12. The number of benzene rings is 1. The van der Waals surface area contributed by atoms with Gasteiger partial charge in [-0.2, -0.15) is 0 Å². The molecule has 0 radical (unpaired) electrons. The molecule has 0 saturated carbocycles. The van der Waals surface area contributed by atoms with E-state index in [-0.39, 0.29) is 24.2 Å². The SMILES string of the molecule is CNCC1CCN(C(=O)C(CC(C)C)NC(=O)c2ccccc2C)CC1.Cl. The van der Waals surface area contributed by atoms with E-state index in [1.54, 1.807) is 0 Å². The number of piperidine rings is 1. The normalized spacial score (nSPS) is 16.0. The second-order valence-electron chi connectivity index (χ2n) is 7.80. The minimum Gasteiger partial charge on any atom is -0.341 e. The van der Waals surface area contributed by atoms with Gasteiger partial charge in [0.05, 0.1) is 0 Å². The van der Waals surface area contributed by atoms with Crippen LogP contribution in [0.2, 0.25) is 0 Å². The van der Waals surface area contributed by atoms with Crippen LogP contribution >= 0.6 is 12.4 Å². The standard InChI is InChI=1S/C21H33N3O2.ClH/c1-15(2)13-19(23-20(25)18-8-6-5-7-16(18)3)21(26)24-11-9-17(10-12-24)14-22-4;/h5-8,15,17,19,22H,9-14H2,1-4H3,(H,23,25);1H. The summed E-state index contributed by atoms with van der Waals surface area (Å²) in [6.07, 6.45) is 2.70. The average molecular weight is 396 g/mol. The number of aryl methyl sites for hydroxylation is 1. The second kappa shape index (κ2) is 11.3. The summed E-state index contributed by atoms with van der Waals surface area (Å²) in [5.74, 6) is 0.868. The molecule has 152 valence electrons. The third-order valence-electron chi connectivity index (χ3n) is 5.12. The molecule has 1 unspecified atom stereocenters. The minimum absolute atomic E-state index is 0. The van der Waals surface area contributed by atoms with Gasteiger partial charge >= 0.3 is 0 Å². The predicted octanol–water partition coefficient (Wildman–Crippen LogP) is 3.02. The van der Waals surface area contributed by atoms with Gasteiger partial charge in [0.25, 0.3) is 5.91 Å². The van der Waals surface area contributed by atoms with Crippen LogP contribution < -0.4 is 10.6 Å². The molecular formula is C21H34ClN3O2. The van der Waals surface area contributed by atoms with Crippen molar-refractivity contribution in [3.05, 3.63) is 35.4 Å². The van der Waals surface area contributed by atoms with Gasteiger partial charge in [0.1, 0.15) is 6.04 Å². The monoisotopic (exact) mass is 395 g/mol. The molecule has 2 amide bonds. The Morgan fingerprint density at radius 3 is 2.37 bits per heavy atom. The summed E-state index contributed by atoms with van der Waals surface area (Å²) < 4.78 is 0. The van der Waals surface area contributed by atoms with Crippen LogP contribution in [0, 0.1) is 18.8 Å². The number of nitrogens with one attached hydrogen (secondary N) is 2. The van der Waals surface area contributed by atoms with Gasteiger partial charge < -0.3 is 15.5 Å². The van der Waals surface area contributed by atoms with E-state index < -0.39 is 6.04 Å². The van der Waals surface area contributed by atoms with Crippen molar-refractivity contribution in [1.29, 1.82) is 0 Å². The molecule has 0 aromatic heterocycles. The Morgan fingerprint density at radius 1 is 1.19 bits per heavy atom. The number of halogens is 1.